The SMILES string of the molecule is Oc1ccc2c3c1O[C@H]1CCCC4(O)[C@@H](C2)NCC[C@]314. The Morgan fingerprint density at radius 2 is 2.20 bits per heavy atom. The second-order valence-electron chi connectivity index (χ2n) is 6.80. The van der Waals surface area contributed by atoms with E-state index in [9.17, 15) is 10.2 Å². The number of rotatable bonds is 0. The fourth-order valence-electron chi connectivity index (χ4n) is 5.44. The molecule has 20 heavy (non-hydrogen) atoms. The highest BCUT2D eigenvalue weighted by molar-refractivity contribution is 5.62. The van der Waals surface area contributed by atoms with Gasteiger partial charge in [-0.1, -0.05) is 6.07 Å². The van der Waals surface area contributed by atoms with Crippen LogP contribution in [0.4, 0.5) is 0 Å². The number of piperidine rings is 1. The molecule has 1 unspecified atom stereocenters. The summed E-state index contributed by atoms with van der Waals surface area (Å²) in [7, 11) is 0. The molecule has 1 saturated heterocycles. The molecular formula is C16H19NO3. The van der Waals surface area contributed by atoms with Gasteiger partial charge in [0, 0.05) is 11.6 Å². The van der Waals surface area contributed by atoms with Crippen LogP contribution in [0.2, 0.25) is 0 Å². The van der Waals surface area contributed by atoms with Gasteiger partial charge in [-0.2, -0.15) is 0 Å². The predicted molar refractivity (Wildman–Crippen MR) is 73.1 cm³/mol. The van der Waals surface area contributed by atoms with E-state index in [1.807, 2.05) is 6.07 Å². The molecule has 2 aliphatic heterocycles. The first-order valence-electron chi connectivity index (χ1n) is 7.64. The Morgan fingerprint density at radius 3 is 3.10 bits per heavy atom. The maximum absolute atomic E-state index is 11.5. The van der Waals surface area contributed by atoms with Crippen LogP contribution in [0.3, 0.4) is 0 Å². The van der Waals surface area contributed by atoms with Crippen LogP contribution in [0.15, 0.2) is 12.1 Å². The first-order valence-corrected chi connectivity index (χ1v) is 7.64. The Balaban J connectivity index is 1.88. The molecule has 2 bridgehead atoms. The van der Waals surface area contributed by atoms with Gasteiger partial charge >= 0.3 is 0 Å². The summed E-state index contributed by atoms with van der Waals surface area (Å²) < 4.78 is 6.14. The second kappa shape index (κ2) is 3.31. The van der Waals surface area contributed by atoms with Crippen molar-refractivity contribution in [3.63, 3.8) is 0 Å². The van der Waals surface area contributed by atoms with Crippen LogP contribution >= 0.6 is 0 Å². The average Bonchev–Trinajstić information content (AvgIpc) is 2.75. The third-order valence-electron chi connectivity index (χ3n) is 6.19. The number of aliphatic hydroxyl groups is 1. The maximum Gasteiger partial charge on any atom is 0.165 e. The Hall–Kier alpha value is -1.26. The van der Waals surface area contributed by atoms with Crippen LogP contribution in [-0.4, -0.2) is 34.5 Å². The molecule has 4 atom stereocenters. The number of hydrogen-bond acceptors (Lipinski definition) is 4. The van der Waals surface area contributed by atoms with Gasteiger partial charge in [0.05, 0.1) is 11.0 Å². The van der Waals surface area contributed by atoms with E-state index in [2.05, 4.69) is 5.32 Å². The van der Waals surface area contributed by atoms with Gasteiger partial charge in [-0.3, -0.25) is 0 Å². The summed E-state index contributed by atoms with van der Waals surface area (Å²) in [4.78, 5) is 0. The van der Waals surface area contributed by atoms with Gasteiger partial charge in [-0.05, 0) is 50.3 Å². The van der Waals surface area contributed by atoms with Gasteiger partial charge in [0.2, 0.25) is 0 Å². The monoisotopic (exact) mass is 273 g/mol. The van der Waals surface area contributed by atoms with Crippen LogP contribution in [-0.2, 0) is 11.8 Å². The first-order chi connectivity index (χ1) is 9.67. The van der Waals surface area contributed by atoms with Gasteiger partial charge in [0.25, 0.3) is 0 Å². The molecule has 4 aliphatic rings. The Kier molecular flexibility index (Phi) is 1.89. The van der Waals surface area contributed by atoms with E-state index >= 15 is 0 Å². The molecule has 4 nitrogen and oxygen atoms in total. The largest absolute Gasteiger partial charge is 0.504 e. The summed E-state index contributed by atoms with van der Waals surface area (Å²) in [5.74, 6) is 0.875. The minimum absolute atomic E-state index is 0.0215. The van der Waals surface area contributed by atoms with Gasteiger partial charge in [0.15, 0.2) is 11.5 Å². The number of nitrogens with one attached hydrogen (secondary N) is 1. The zero-order valence-corrected chi connectivity index (χ0v) is 11.4. The average molecular weight is 273 g/mol. The third-order valence-corrected chi connectivity index (χ3v) is 6.19. The third kappa shape index (κ3) is 0.990. The number of hydrogen-bond donors (Lipinski definition) is 3. The summed E-state index contributed by atoms with van der Waals surface area (Å²) >= 11 is 0. The van der Waals surface area contributed by atoms with Crippen molar-refractivity contribution >= 4 is 0 Å². The van der Waals surface area contributed by atoms with Crippen molar-refractivity contribution in [3.05, 3.63) is 23.3 Å². The topological polar surface area (TPSA) is 61.7 Å². The molecule has 3 N–H and O–H groups in total. The Bertz CT molecular complexity index is 616. The van der Waals surface area contributed by atoms with Gasteiger partial charge in [-0.15, -0.1) is 0 Å². The summed E-state index contributed by atoms with van der Waals surface area (Å²) in [6.45, 7) is 0.918. The van der Waals surface area contributed by atoms with E-state index in [4.69, 9.17) is 4.74 Å². The lowest BCUT2D eigenvalue weighted by molar-refractivity contribution is -0.149. The molecule has 5 rings (SSSR count). The van der Waals surface area contributed by atoms with E-state index in [0.29, 0.717) is 5.75 Å². The Labute approximate surface area is 117 Å². The highest BCUT2D eigenvalue weighted by atomic mass is 16.5. The summed E-state index contributed by atoms with van der Waals surface area (Å²) in [6.07, 6.45) is 4.55. The normalized spacial score (nSPS) is 43.9. The molecule has 0 amide bonds. The lowest BCUT2D eigenvalue weighted by Crippen LogP contribution is -2.74. The summed E-state index contributed by atoms with van der Waals surface area (Å²) in [5.41, 5.74) is 1.33. The predicted octanol–water partition coefficient (Wildman–Crippen LogP) is 1.22. The van der Waals surface area contributed by atoms with Crippen molar-refractivity contribution in [2.24, 2.45) is 0 Å². The van der Waals surface area contributed by atoms with Crippen molar-refractivity contribution in [1.82, 2.24) is 5.32 Å². The molecule has 0 radical (unpaired) electrons. The first kappa shape index (κ1) is 11.4. The lowest BCUT2D eigenvalue weighted by Gasteiger charge is -2.60. The van der Waals surface area contributed by atoms with Gasteiger partial charge in [0.1, 0.15) is 6.10 Å². The number of aromatic hydroxyl groups is 1. The minimum atomic E-state index is -0.722. The van der Waals surface area contributed by atoms with Crippen LogP contribution in [0.1, 0.15) is 36.8 Å². The van der Waals surface area contributed by atoms with Crippen LogP contribution < -0.4 is 10.1 Å². The van der Waals surface area contributed by atoms with Crippen molar-refractivity contribution in [1.29, 1.82) is 0 Å². The molecule has 0 aromatic heterocycles. The van der Waals surface area contributed by atoms with E-state index in [1.165, 1.54) is 5.56 Å². The van der Waals surface area contributed by atoms with Crippen molar-refractivity contribution in [2.75, 3.05) is 6.54 Å². The standard InChI is InChI=1S/C16H19NO3/c18-10-4-3-9-8-11-16(19)5-1-2-12-15(16,6-7-17-11)13(9)14(10)20-12/h3-4,11-12,17-19H,1-2,5-8H2/t11-,12+,15-,16?/m1/s1. The summed E-state index contributed by atoms with van der Waals surface area (Å²) in [5, 5.41) is 25.2. The molecule has 2 aliphatic carbocycles. The molecule has 1 saturated carbocycles. The van der Waals surface area contributed by atoms with Crippen molar-refractivity contribution in [3.8, 4) is 11.5 Å². The highest BCUT2D eigenvalue weighted by Crippen LogP contribution is 2.64. The fraction of sp³-hybridized carbons (Fsp3) is 0.625. The second-order valence-corrected chi connectivity index (χ2v) is 6.80. The molecule has 2 fully saturated rings. The van der Waals surface area contributed by atoms with Crippen molar-refractivity contribution in [2.45, 2.75) is 55.3 Å². The lowest BCUT2D eigenvalue weighted by atomic mass is 9.49. The van der Waals surface area contributed by atoms with Gasteiger partial charge in [-0.25, -0.2) is 0 Å². The zero-order chi connectivity index (χ0) is 13.5. The van der Waals surface area contributed by atoms with E-state index in [-0.39, 0.29) is 23.3 Å². The molecule has 2 heterocycles. The number of benzene rings is 1. The van der Waals surface area contributed by atoms with E-state index < -0.39 is 5.60 Å². The van der Waals surface area contributed by atoms with Crippen molar-refractivity contribution < 1.29 is 14.9 Å². The number of ether oxygens (including phenoxy) is 1. The Morgan fingerprint density at radius 1 is 1.30 bits per heavy atom. The quantitative estimate of drug-likeness (QED) is 0.665. The van der Waals surface area contributed by atoms with E-state index in [0.717, 1.165) is 44.2 Å². The molecule has 4 heteroatoms. The van der Waals surface area contributed by atoms with Gasteiger partial charge < -0.3 is 20.3 Å². The van der Waals surface area contributed by atoms with E-state index in [1.54, 1.807) is 6.07 Å². The molecule has 1 aromatic carbocycles. The smallest absolute Gasteiger partial charge is 0.165 e. The van der Waals surface area contributed by atoms with Crippen LogP contribution in [0, 0.1) is 0 Å². The van der Waals surface area contributed by atoms with Crippen LogP contribution in [0.25, 0.3) is 0 Å². The highest BCUT2D eigenvalue weighted by Gasteiger charge is 2.69. The molecular weight excluding hydrogens is 254 g/mol. The molecule has 1 spiro atoms. The molecule has 106 valence electrons. The summed E-state index contributed by atoms with van der Waals surface area (Å²) in [6, 6.07) is 3.86. The maximum atomic E-state index is 11.5. The molecule has 1 aromatic rings. The fourth-order valence-corrected chi connectivity index (χ4v) is 5.44. The van der Waals surface area contributed by atoms with Crippen LogP contribution in [0.5, 0.6) is 11.5 Å². The minimum Gasteiger partial charge on any atom is -0.504 e. The zero-order valence-electron chi connectivity index (χ0n) is 11.4. The number of phenols is 1. The number of phenolic OH excluding ortho intramolecular Hbond substituents is 1.